The van der Waals surface area contributed by atoms with Crippen LogP contribution in [-0.2, 0) is 24.1 Å². The minimum Gasteiger partial charge on any atom is -0.358 e. The molecule has 0 atom stereocenters. The molecule has 2 aliphatic rings. The van der Waals surface area contributed by atoms with E-state index >= 15 is 0 Å². The molecule has 2 aromatic carbocycles. The van der Waals surface area contributed by atoms with E-state index in [1.54, 1.807) is 0 Å². The second kappa shape index (κ2) is 7.89. The minimum atomic E-state index is -0.0859. The van der Waals surface area contributed by atoms with E-state index < -0.39 is 0 Å². The maximum Gasteiger partial charge on any atom is 0.256 e. The van der Waals surface area contributed by atoms with Gasteiger partial charge >= 0.3 is 0 Å². The quantitative estimate of drug-likeness (QED) is 0.348. The van der Waals surface area contributed by atoms with E-state index in [-0.39, 0.29) is 5.91 Å². The van der Waals surface area contributed by atoms with Crippen molar-refractivity contribution in [3.63, 3.8) is 0 Å². The molecule has 1 aliphatic carbocycles. The average molecular weight is 454 g/mol. The summed E-state index contributed by atoms with van der Waals surface area (Å²) in [7, 11) is 0. The minimum absolute atomic E-state index is 0.0859. The molecule has 1 aliphatic heterocycles. The molecular weight excluding hydrogens is 430 g/mol. The Kier molecular flexibility index (Phi) is 4.84. The molecule has 1 amide bonds. The smallest absolute Gasteiger partial charge is 0.256 e. The Balaban J connectivity index is 1.51. The number of H-pyrrole nitrogens is 1. The fourth-order valence-electron chi connectivity index (χ4n) is 5.30. The normalized spacial score (nSPS) is 16.2. The van der Waals surface area contributed by atoms with E-state index in [4.69, 9.17) is 16.6 Å². The number of halogens is 1. The first-order chi connectivity index (χ1) is 16.1. The van der Waals surface area contributed by atoms with Crippen molar-refractivity contribution < 1.29 is 4.79 Å². The molecule has 2 N–H and O–H groups in total. The number of hydrogen-bond acceptors (Lipinski definition) is 2. The molecule has 2 aromatic heterocycles. The maximum atomic E-state index is 12.9. The third-order valence-electron chi connectivity index (χ3n) is 6.91. The zero-order valence-electron chi connectivity index (χ0n) is 18.5. The van der Waals surface area contributed by atoms with Crippen molar-refractivity contribution in [3.8, 4) is 0 Å². The summed E-state index contributed by atoms with van der Waals surface area (Å²) in [6.07, 6.45) is 9.11. The van der Waals surface area contributed by atoms with E-state index in [0.29, 0.717) is 10.6 Å². The van der Waals surface area contributed by atoms with Crippen LogP contribution in [0.3, 0.4) is 0 Å². The first kappa shape index (κ1) is 20.3. The monoisotopic (exact) mass is 453 g/mol. The summed E-state index contributed by atoms with van der Waals surface area (Å²) in [4.78, 5) is 21.3. The van der Waals surface area contributed by atoms with Crippen LogP contribution < -0.4 is 5.32 Å². The van der Waals surface area contributed by atoms with Gasteiger partial charge in [-0.15, -0.1) is 0 Å². The van der Waals surface area contributed by atoms with Gasteiger partial charge in [0.05, 0.1) is 17.0 Å². The highest BCUT2D eigenvalue weighted by atomic mass is 35.5. The fourth-order valence-corrected chi connectivity index (χ4v) is 5.58. The number of rotatable bonds is 3. The molecule has 6 rings (SSSR count). The molecule has 0 unspecified atom stereocenters. The molecule has 4 aromatic rings. The van der Waals surface area contributed by atoms with Crippen molar-refractivity contribution in [2.45, 2.75) is 39.0 Å². The van der Waals surface area contributed by atoms with Gasteiger partial charge in [-0.25, -0.2) is 0 Å². The molecule has 0 saturated carbocycles. The van der Waals surface area contributed by atoms with Crippen LogP contribution in [0.1, 0.15) is 52.2 Å². The van der Waals surface area contributed by atoms with Crippen molar-refractivity contribution >= 4 is 45.6 Å². The van der Waals surface area contributed by atoms with Crippen molar-refractivity contribution in [1.29, 1.82) is 0 Å². The highest BCUT2D eigenvalue weighted by molar-refractivity contribution is 6.37. The van der Waals surface area contributed by atoms with E-state index in [1.807, 2.05) is 31.3 Å². The summed E-state index contributed by atoms with van der Waals surface area (Å²) >= 11 is 6.34. The van der Waals surface area contributed by atoms with Crippen molar-refractivity contribution in [1.82, 2.24) is 9.97 Å². The van der Waals surface area contributed by atoms with E-state index in [1.165, 1.54) is 40.4 Å². The summed E-state index contributed by atoms with van der Waals surface area (Å²) in [6.45, 7) is 1.97. The lowest BCUT2D eigenvalue weighted by Crippen LogP contribution is -2.05. The largest absolute Gasteiger partial charge is 0.358 e. The number of carbonyl (C=O) groups excluding carboxylic acids is 1. The van der Waals surface area contributed by atoms with Gasteiger partial charge in [-0.1, -0.05) is 35.9 Å². The first-order valence-corrected chi connectivity index (χ1v) is 11.8. The summed E-state index contributed by atoms with van der Waals surface area (Å²) in [5.74, 6) is -0.0859. The van der Waals surface area contributed by atoms with E-state index in [2.05, 4.69) is 40.6 Å². The number of carbonyl (C=O) groups is 1. The Morgan fingerprint density at radius 3 is 2.88 bits per heavy atom. The molecule has 33 heavy (non-hydrogen) atoms. The van der Waals surface area contributed by atoms with E-state index in [9.17, 15) is 4.79 Å². The predicted molar refractivity (Wildman–Crippen MR) is 135 cm³/mol. The number of aromatic nitrogens is 2. The van der Waals surface area contributed by atoms with Gasteiger partial charge < -0.3 is 10.3 Å². The highest BCUT2D eigenvalue weighted by Gasteiger charge is 2.28. The van der Waals surface area contributed by atoms with Gasteiger partial charge in [0.1, 0.15) is 0 Å². The average Bonchev–Trinajstić information content (AvgIpc) is 3.32. The van der Waals surface area contributed by atoms with Crippen LogP contribution in [0.15, 0.2) is 48.7 Å². The number of aromatic amines is 1. The van der Waals surface area contributed by atoms with Gasteiger partial charge in [-0.05, 0) is 79.0 Å². The lowest BCUT2D eigenvalue weighted by atomic mass is 9.91. The Bertz CT molecular complexity index is 1460. The predicted octanol–water partition coefficient (Wildman–Crippen LogP) is 6.49. The number of fused-ring (bicyclic) bond motifs is 3. The molecule has 0 fully saturated rings. The number of benzene rings is 2. The molecular formula is C28H24ClN3O. The summed E-state index contributed by atoms with van der Waals surface area (Å²) in [5.41, 5.74) is 9.36. The lowest BCUT2D eigenvalue weighted by Gasteiger charge is -2.13. The zero-order valence-corrected chi connectivity index (χ0v) is 19.2. The van der Waals surface area contributed by atoms with Crippen molar-refractivity contribution in [2.24, 2.45) is 0 Å². The molecule has 0 spiro atoms. The number of nitrogens with zero attached hydrogens (tertiary/aromatic N) is 1. The van der Waals surface area contributed by atoms with Crippen LogP contribution in [0, 0.1) is 6.92 Å². The standard InChI is InChI=1S/C28H24ClN3O/c1-16-12-18(29)13-22-23(28(33)32-27(16)22)15-26-21(20-8-4-5-9-24(20)31-26)14-25-19-7-3-2-6-17(19)10-11-30-25/h2-3,6-7,10-13,15,31H,4-5,8-9,14H2,1H3,(H,32,33). The molecule has 0 saturated heterocycles. The van der Waals surface area contributed by atoms with Gasteiger partial charge in [-0.3, -0.25) is 9.78 Å². The van der Waals surface area contributed by atoms with Gasteiger partial charge in [0.15, 0.2) is 0 Å². The van der Waals surface area contributed by atoms with Crippen LogP contribution in [0.5, 0.6) is 0 Å². The van der Waals surface area contributed by atoms with Crippen molar-refractivity contribution in [3.05, 3.63) is 93.0 Å². The van der Waals surface area contributed by atoms with Crippen LogP contribution >= 0.6 is 11.6 Å². The Morgan fingerprint density at radius 1 is 1.12 bits per heavy atom. The topological polar surface area (TPSA) is 57.8 Å². The van der Waals surface area contributed by atoms with Crippen LogP contribution in [0.2, 0.25) is 5.02 Å². The molecule has 0 bridgehead atoms. The van der Waals surface area contributed by atoms with Crippen LogP contribution in [-0.4, -0.2) is 15.9 Å². The molecule has 164 valence electrons. The molecule has 4 nitrogen and oxygen atoms in total. The Labute approximate surface area is 197 Å². The molecule has 5 heteroatoms. The summed E-state index contributed by atoms with van der Waals surface area (Å²) < 4.78 is 0. The van der Waals surface area contributed by atoms with Gasteiger partial charge in [0.2, 0.25) is 0 Å². The number of anilines is 1. The van der Waals surface area contributed by atoms with Crippen LogP contribution in [0.25, 0.3) is 22.4 Å². The summed E-state index contributed by atoms with van der Waals surface area (Å²) in [5, 5.41) is 6.04. The highest BCUT2D eigenvalue weighted by Crippen LogP contribution is 2.39. The third kappa shape index (κ3) is 3.46. The molecule has 3 heterocycles. The number of hydrogen-bond donors (Lipinski definition) is 2. The van der Waals surface area contributed by atoms with Crippen LogP contribution in [0.4, 0.5) is 5.69 Å². The van der Waals surface area contributed by atoms with Gasteiger partial charge in [0.25, 0.3) is 5.91 Å². The number of aryl methyl sites for hydroxylation is 2. The van der Waals surface area contributed by atoms with Crippen molar-refractivity contribution in [2.75, 3.05) is 5.32 Å². The zero-order chi connectivity index (χ0) is 22.5. The van der Waals surface area contributed by atoms with Gasteiger partial charge in [0, 0.05) is 40.0 Å². The first-order valence-electron chi connectivity index (χ1n) is 11.5. The molecule has 0 radical (unpaired) electrons. The van der Waals surface area contributed by atoms with E-state index in [0.717, 1.165) is 47.5 Å². The second-order valence-corrected chi connectivity index (χ2v) is 9.43. The SMILES string of the molecule is Cc1cc(Cl)cc2c1NC(=O)C2=Cc1[nH]c2c(c1Cc1nccc3ccccc13)CCCC2. The maximum absolute atomic E-state index is 12.9. The fraction of sp³-hybridized carbons (Fsp3) is 0.214. The summed E-state index contributed by atoms with van der Waals surface area (Å²) in [6, 6.07) is 14.2. The number of pyridine rings is 1. The Hall–Kier alpha value is -3.37. The Morgan fingerprint density at radius 2 is 1.97 bits per heavy atom. The lowest BCUT2D eigenvalue weighted by molar-refractivity contribution is -0.110. The van der Waals surface area contributed by atoms with Gasteiger partial charge in [-0.2, -0.15) is 0 Å². The third-order valence-corrected chi connectivity index (χ3v) is 7.12. The second-order valence-electron chi connectivity index (χ2n) is 8.99. The number of amides is 1. The number of nitrogens with one attached hydrogen (secondary N) is 2.